The molecule has 37 heavy (non-hydrogen) atoms. The monoisotopic (exact) mass is 542 g/mol. The molecular weight excluding hydrogens is 519 g/mol. The number of carbonyl (C=O) groups is 3. The molecule has 0 fully saturated rings. The SMILES string of the molecule is COc1cc(/C=N\NC(=O)C(=O)Nc2c(C)cccc2C)cc(Cl)c1OCC(=O)Nc1ccccc1Cl. The Hall–Kier alpha value is -4.08. The maximum Gasteiger partial charge on any atom is 0.329 e. The number of nitrogens with one attached hydrogen (secondary N) is 3. The van der Waals surface area contributed by atoms with Gasteiger partial charge in [0, 0.05) is 5.69 Å². The number of amides is 3. The highest BCUT2D eigenvalue weighted by Crippen LogP contribution is 2.36. The van der Waals surface area contributed by atoms with Gasteiger partial charge in [0.2, 0.25) is 0 Å². The predicted octanol–water partition coefficient (Wildman–Crippen LogP) is 4.73. The van der Waals surface area contributed by atoms with Crippen LogP contribution >= 0.6 is 23.2 Å². The zero-order valence-corrected chi connectivity index (χ0v) is 21.7. The number of hydrogen-bond donors (Lipinski definition) is 3. The molecule has 0 aromatic heterocycles. The average molecular weight is 543 g/mol. The Labute approximate surface area is 223 Å². The van der Waals surface area contributed by atoms with Crippen LogP contribution in [0.25, 0.3) is 0 Å². The summed E-state index contributed by atoms with van der Waals surface area (Å²) in [4.78, 5) is 36.6. The summed E-state index contributed by atoms with van der Waals surface area (Å²) in [7, 11) is 1.41. The number of aryl methyl sites for hydroxylation is 2. The lowest BCUT2D eigenvalue weighted by molar-refractivity contribution is -0.136. The lowest BCUT2D eigenvalue weighted by Crippen LogP contribution is -2.32. The van der Waals surface area contributed by atoms with Gasteiger partial charge < -0.3 is 20.1 Å². The summed E-state index contributed by atoms with van der Waals surface area (Å²) >= 11 is 12.4. The molecule has 0 saturated carbocycles. The number of methoxy groups -OCH3 is 1. The van der Waals surface area contributed by atoms with E-state index in [2.05, 4.69) is 21.2 Å². The molecule has 0 saturated heterocycles. The lowest BCUT2D eigenvalue weighted by atomic mass is 10.1. The minimum absolute atomic E-state index is 0.144. The van der Waals surface area contributed by atoms with Crippen molar-refractivity contribution in [3.8, 4) is 11.5 Å². The molecular formula is C26H24Cl2N4O5. The quantitative estimate of drug-likeness (QED) is 0.216. The number of benzene rings is 3. The molecule has 0 aliphatic rings. The summed E-state index contributed by atoms with van der Waals surface area (Å²) in [6.45, 7) is 3.31. The molecule has 3 aromatic carbocycles. The van der Waals surface area contributed by atoms with Gasteiger partial charge >= 0.3 is 11.8 Å². The van der Waals surface area contributed by atoms with Gasteiger partial charge in [0.25, 0.3) is 5.91 Å². The third-order valence-corrected chi connectivity index (χ3v) is 5.66. The van der Waals surface area contributed by atoms with E-state index < -0.39 is 17.7 Å². The molecule has 3 amide bonds. The fourth-order valence-corrected chi connectivity index (χ4v) is 3.70. The topological polar surface area (TPSA) is 118 Å². The van der Waals surface area contributed by atoms with Gasteiger partial charge in [-0.3, -0.25) is 14.4 Å². The van der Waals surface area contributed by atoms with E-state index in [9.17, 15) is 14.4 Å². The first-order valence-electron chi connectivity index (χ1n) is 10.9. The van der Waals surface area contributed by atoms with Crippen LogP contribution in [0.15, 0.2) is 59.7 Å². The molecule has 11 heteroatoms. The Morgan fingerprint density at radius 2 is 1.62 bits per heavy atom. The molecule has 0 aliphatic heterocycles. The highest BCUT2D eigenvalue weighted by Gasteiger charge is 2.16. The third kappa shape index (κ3) is 7.45. The van der Waals surface area contributed by atoms with Crippen molar-refractivity contribution in [3.63, 3.8) is 0 Å². The molecule has 3 rings (SSSR count). The summed E-state index contributed by atoms with van der Waals surface area (Å²) in [6.07, 6.45) is 1.28. The molecule has 0 heterocycles. The second-order valence-corrected chi connectivity index (χ2v) is 8.59. The molecule has 0 bridgehead atoms. The second-order valence-electron chi connectivity index (χ2n) is 7.77. The first kappa shape index (κ1) is 27.5. The summed E-state index contributed by atoms with van der Waals surface area (Å²) < 4.78 is 10.9. The van der Waals surface area contributed by atoms with Gasteiger partial charge in [-0.15, -0.1) is 0 Å². The zero-order chi connectivity index (χ0) is 26.9. The Bertz CT molecular complexity index is 1340. The number of hydrogen-bond acceptors (Lipinski definition) is 6. The number of para-hydroxylation sites is 2. The molecule has 0 atom stereocenters. The van der Waals surface area contributed by atoms with E-state index in [4.69, 9.17) is 32.7 Å². The van der Waals surface area contributed by atoms with Crippen LogP contribution in [0.3, 0.4) is 0 Å². The van der Waals surface area contributed by atoms with Gasteiger partial charge in [0.05, 0.1) is 29.1 Å². The van der Waals surface area contributed by atoms with E-state index in [1.54, 1.807) is 30.3 Å². The fourth-order valence-electron chi connectivity index (χ4n) is 3.24. The van der Waals surface area contributed by atoms with E-state index in [-0.39, 0.29) is 23.1 Å². The van der Waals surface area contributed by atoms with E-state index in [1.165, 1.54) is 19.4 Å². The van der Waals surface area contributed by atoms with Crippen LogP contribution in [-0.4, -0.2) is 37.7 Å². The molecule has 192 valence electrons. The van der Waals surface area contributed by atoms with Crippen molar-refractivity contribution in [2.45, 2.75) is 13.8 Å². The second kappa shape index (κ2) is 12.8. The Morgan fingerprint density at radius 1 is 0.919 bits per heavy atom. The molecule has 0 spiro atoms. The normalized spacial score (nSPS) is 10.6. The molecule has 0 unspecified atom stereocenters. The predicted molar refractivity (Wildman–Crippen MR) is 144 cm³/mol. The maximum atomic E-state index is 12.3. The van der Waals surface area contributed by atoms with Gasteiger partial charge in [-0.05, 0) is 54.8 Å². The number of anilines is 2. The third-order valence-electron chi connectivity index (χ3n) is 5.05. The Morgan fingerprint density at radius 3 is 2.30 bits per heavy atom. The summed E-state index contributed by atoms with van der Waals surface area (Å²) in [5.74, 6) is -1.87. The first-order valence-corrected chi connectivity index (χ1v) is 11.7. The van der Waals surface area contributed by atoms with Gasteiger partial charge in [-0.1, -0.05) is 53.5 Å². The van der Waals surface area contributed by atoms with Crippen LogP contribution in [0.2, 0.25) is 10.0 Å². The van der Waals surface area contributed by atoms with Crippen LogP contribution in [0.1, 0.15) is 16.7 Å². The van der Waals surface area contributed by atoms with Crippen molar-refractivity contribution < 1.29 is 23.9 Å². The van der Waals surface area contributed by atoms with Crippen LogP contribution in [0.4, 0.5) is 11.4 Å². The first-order chi connectivity index (χ1) is 17.7. The number of halogens is 2. The molecule has 0 radical (unpaired) electrons. The Kier molecular flexibility index (Phi) is 9.48. The molecule has 3 N–H and O–H groups in total. The standard InChI is InChI=1S/C26H24Cl2N4O5/c1-15-7-6-8-16(2)23(15)31-25(34)26(35)32-29-13-17-11-19(28)24(21(12-17)36-3)37-14-22(33)30-20-10-5-4-9-18(20)27/h4-13H,14H2,1-3H3,(H,30,33)(H,31,34)(H,32,35)/b29-13-. The van der Waals surface area contributed by atoms with E-state index in [0.29, 0.717) is 22.0 Å². The molecule has 3 aromatic rings. The van der Waals surface area contributed by atoms with Crippen molar-refractivity contribution in [1.29, 1.82) is 0 Å². The smallest absolute Gasteiger partial charge is 0.329 e. The number of carbonyl (C=O) groups excluding carboxylic acids is 3. The lowest BCUT2D eigenvalue weighted by Gasteiger charge is -2.13. The summed E-state index contributed by atoms with van der Waals surface area (Å²) in [6, 6.07) is 15.3. The minimum Gasteiger partial charge on any atom is -0.493 e. The number of hydrazone groups is 1. The highest BCUT2D eigenvalue weighted by atomic mass is 35.5. The van der Waals surface area contributed by atoms with Crippen molar-refractivity contribution >= 4 is 58.5 Å². The van der Waals surface area contributed by atoms with Crippen LogP contribution in [-0.2, 0) is 14.4 Å². The zero-order valence-electron chi connectivity index (χ0n) is 20.2. The van der Waals surface area contributed by atoms with Crippen molar-refractivity contribution in [2.24, 2.45) is 5.10 Å². The molecule has 0 aliphatic carbocycles. The van der Waals surface area contributed by atoms with Crippen molar-refractivity contribution in [1.82, 2.24) is 5.43 Å². The number of ether oxygens (including phenoxy) is 2. The van der Waals surface area contributed by atoms with Gasteiger partial charge in [-0.2, -0.15) is 5.10 Å². The summed E-state index contributed by atoms with van der Waals surface area (Å²) in [5.41, 5.74) is 5.30. The maximum absolute atomic E-state index is 12.3. The van der Waals surface area contributed by atoms with Crippen molar-refractivity contribution in [2.75, 3.05) is 24.4 Å². The Balaban J connectivity index is 1.60. The van der Waals surface area contributed by atoms with E-state index in [1.807, 2.05) is 32.0 Å². The van der Waals surface area contributed by atoms with Gasteiger partial charge in [-0.25, -0.2) is 5.43 Å². The van der Waals surface area contributed by atoms with Crippen LogP contribution in [0, 0.1) is 13.8 Å². The minimum atomic E-state index is -0.943. The van der Waals surface area contributed by atoms with E-state index in [0.717, 1.165) is 11.1 Å². The van der Waals surface area contributed by atoms with Crippen LogP contribution in [0.5, 0.6) is 11.5 Å². The summed E-state index contributed by atoms with van der Waals surface area (Å²) in [5, 5.41) is 9.57. The van der Waals surface area contributed by atoms with Crippen LogP contribution < -0.4 is 25.5 Å². The van der Waals surface area contributed by atoms with Gasteiger partial charge in [0.15, 0.2) is 18.1 Å². The number of rotatable bonds is 8. The fraction of sp³-hybridized carbons (Fsp3) is 0.154. The van der Waals surface area contributed by atoms with E-state index >= 15 is 0 Å². The largest absolute Gasteiger partial charge is 0.493 e. The van der Waals surface area contributed by atoms with Crippen molar-refractivity contribution in [3.05, 3.63) is 81.3 Å². The number of nitrogens with zero attached hydrogens (tertiary/aromatic N) is 1. The highest BCUT2D eigenvalue weighted by molar-refractivity contribution is 6.39. The average Bonchev–Trinajstić information content (AvgIpc) is 2.86. The molecule has 9 nitrogen and oxygen atoms in total. The van der Waals surface area contributed by atoms with Gasteiger partial charge in [0.1, 0.15) is 0 Å².